The van der Waals surface area contributed by atoms with E-state index in [0.29, 0.717) is 27.6 Å². The zero-order chi connectivity index (χ0) is 14.5. The molecule has 0 aromatic carbocycles. The van der Waals surface area contributed by atoms with Gasteiger partial charge in [-0.1, -0.05) is 33.0 Å². The molecule has 0 saturated heterocycles. The molecule has 2 fully saturated rings. The summed E-state index contributed by atoms with van der Waals surface area (Å²) in [4.78, 5) is 4.68. The fourth-order valence-corrected chi connectivity index (χ4v) is 4.70. The summed E-state index contributed by atoms with van der Waals surface area (Å²) in [6.07, 6.45) is 5.73. The van der Waals surface area contributed by atoms with Crippen LogP contribution in [-0.4, -0.2) is 16.0 Å². The van der Waals surface area contributed by atoms with Crippen LogP contribution in [0.3, 0.4) is 0 Å². The molecular formula is C16H23N3S. The zero-order valence-electron chi connectivity index (χ0n) is 12.4. The van der Waals surface area contributed by atoms with E-state index in [1.807, 2.05) is 12.1 Å². The first kappa shape index (κ1) is 13.8. The van der Waals surface area contributed by atoms with Gasteiger partial charge >= 0.3 is 0 Å². The number of anilines is 1. The van der Waals surface area contributed by atoms with Crippen molar-refractivity contribution in [3.63, 3.8) is 0 Å². The molecule has 0 spiro atoms. The highest BCUT2D eigenvalue weighted by Gasteiger charge is 2.59. The van der Waals surface area contributed by atoms with Crippen molar-refractivity contribution in [2.45, 2.75) is 46.1 Å². The van der Waals surface area contributed by atoms with Gasteiger partial charge in [0.25, 0.3) is 0 Å². The van der Waals surface area contributed by atoms with Crippen LogP contribution >= 0.6 is 12.2 Å². The predicted octanol–water partition coefficient (Wildman–Crippen LogP) is 3.34. The summed E-state index contributed by atoms with van der Waals surface area (Å²) in [6, 6.07) is 4.42. The summed E-state index contributed by atoms with van der Waals surface area (Å²) in [5, 5.41) is 3.72. The Kier molecular flexibility index (Phi) is 3.05. The third kappa shape index (κ3) is 1.93. The molecule has 2 aliphatic rings. The number of aromatic nitrogens is 1. The molecule has 3 N–H and O–H groups in total. The van der Waals surface area contributed by atoms with E-state index >= 15 is 0 Å². The molecule has 4 heteroatoms. The first-order chi connectivity index (χ1) is 9.34. The number of pyridine rings is 1. The molecule has 20 heavy (non-hydrogen) atoms. The van der Waals surface area contributed by atoms with E-state index in [-0.39, 0.29) is 0 Å². The predicted molar refractivity (Wildman–Crippen MR) is 86.8 cm³/mol. The van der Waals surface area contributed by atoms with Crippen LogP contribution in [0, 0.1) is 16.7 Å². The minimum absolute atomic E-state index is 0.302. The minimum Gasteiger partial charge on any atom is -0.388 e. The van der Waals surface area contributed by atoms with E-state index in [0.717, 1.165) is 11.6 Å². The fraction of sp³-hybridized carbons (Fsp3) is 0.625. The molecule has 2 bridgehead atoms. The van der Waals surface area contributed by atoms with E-state index in [9.17, 15) is 0 Å². The number of fused-ring (bicyclic) bond motifs is 2. The number of nitrogens with zero attached hydrogens (tertiary/aromatic N) is 1. The molecule has 3 nitrogen and oxygen atoms in total. The number of thiocarbonyl (C=S) groups is 1. The number of hydrogen-bond acceptors (Lipinski definition) is 3. The molecule has 1 aromatic rings. The van der Waals surface area contributed by atoms with Crippen molar-refractivity contribution in [1.29, 1.82) is 0 Å². The van der Waals surface area contributed by atoms with Crippen molar-refractivity contribution >= 4 is 22.9 Å². The van der Waals surface area contributed by atoms with Crippen LogP contribution in [0.25, 0.3) is 0 Å². The number of nitrogens with one attached hydrogen (secondary N) is 1. The largest absolute Gasteiger partial charge is 0.388 e. The average molecular weight is 289 g/mol. The van der Waals surface area contributed by atoms with Gasteiger partial charge in [0, 0.05) is 12.2 Å². The maximum atomic E-state index is 5.79. The third-order valence-corrected chi connectivity index (χ3v) is 5.80. The van der Waals surface area contributed by atoms with Crippen molar-refractivity contribution in [1.82, 2.24) is 4.98 Å². The summed E-state index contributed by atoms with van der Waals surface area (Å²) in [7, 11) is 0. The molecule has 2 aliphatic carbocycles. The van der Waals surface area contributed by atoms with Crippen LogP contribution in [0.4, 0.5) is 5.69 Å². The normalized spacial score (nSPS) is 34.1. The molecule has 0 radical (unpaired) electrons. The summed E-state index contributed by atoms with van der Waals surface area (Å²) in [5.74, 6) is 0.815. The van der Waals surface area contributed by atoms with Gasteiger partial charge in [0.1, 0.15) is 10.7 Å². The number of nitrogens with two attached hydrogens (primary N) is 1. The Bertz CT molecular complexity index is 550. The van der Waals surface area contributed by atoms with Gasteiger partial charge in [-0.05, 0) is 48.1 Å². The Labute approximate surface area is 126 Å². The second-order valence-corrected chi connectivity index (χ2v) is 7.70. The molecule has 3 rings (SSSR count). The molecule has 2 saturated carbocycles. The summed E-state index contributed by atoms with van der Waals surface area (Å²) < 4.78 is 0. The van der Waals surface area contributed by atoms with Crippen molar-refractivity contribution in [2.75, 3.05) is 5.32 Å². The summed E-state index contributed by atoms with van der Waals surface area (Å²) in [5.41, 5.74) is 8.16. The number of hydrogen-bond donors (Lipinski definition) is 2. The van der Waals surface area contributed by atoms with Gasteiger partial charge in [-0.2, -0.15) is 0 Å². The molecule has 3 unspecified atom stereocenters. The third-order valence-electron chi connectivity index (χ3n) is 5.61. The highest BCUT2D eigenvalue weighted by molar-refractivity contribution is 7.80. The first-order valence-electron chi connectivity index (χ1n) is 7.36. The lowest BCUT2D eigenvalue weighted by atomic mass is 9.68. The standard InChI is InChI=1S/C16H23N3S/c1-15(2)10-6-7-16(3,9-10)14(15)19-11-5-4-8-18-12(11)13(17)20/h4-5,8,10,14,19H,6-7,9H2,1-3H3,(H2,17,20). The summed E-state index contributed by atoms with van der Waals surface area (Å²) in [6.45, 7) is 7.18. The van der Waals surface area contributed by atoms with Crippen molar-refractivity contribution in [3.05, 3.63) is 24.0 Å². The first-order valence-corrected chi connectivity index (χ1v) is 7.77. The van der Waals surface area contributed by atoms with Gasteiger partial charge in [0.05, 0.1) is 5.69 Å². The minimum atomic E-state index is 0.302. The maximum Gasteiger partial charge on any atom is 0.124 e. The van der Waals surface area contributed by atoms with E-state index in [2.05, 4.69) is 31.1 Å². The second-order valence-electron chi connectivity index (χ2n) is 7.26. The van der Waals surface area contributed by atoms with Crippen LogP contribution in [0.15, 0.2) is 18.3 Å². The van der Waals surface area contributed by atoms with Crippen molar-refractivity contribution < 1.29 is 0 Å². The van der Waals surface area contributed by atoms with Crippen LogP contribution in [-0.2, 0) is 0 Å². The van der Waals surface area contributed by atoms with Crippen LogP contribution in [0.2, 0.25) is 0 Å². The topological polar surface area (TPSA) is 50.9 Å². The van der Waals surface area contributed by atoms with Crippen molar-refractivity contribution in [3.8, 4) is 0 Å². The zero-order valence-corrected chi connectivity index (χ0v) is 13.3. The van der Waals surface area contributed by atoms with E-state index in [1.54, 1.807) is 6.20 Å². The summed E-state index contributed by atoms with van der Waals surface area (Å²) >= 11 is 5.12. The Hall–Kier alpha value is -1.16. The van der Waals surface area contributed by atoms with Gasteiger partial charge < -0.3 is 11.1 Å². The molecule has 0 aliphatic heterocycles. The van der Waals surface area contributed by atoms with E-state index in [1.165, 1.54) is 19.3 Å². The van der Waals surface area contributed by atoms with Crippen LogP contribution < -0.4 is 11.1 Å². The quantitative estimate of drug-likeness (QED) is 0.838. The monoisotopic (exact) mass is 289 g/mol. The second kappa shape index (κ2) is 4.42. The van der Waals surface area contributed by atoms with Crippen LogP contribution in [0.1, 0.15) is 45.7 Å². The highest BCUT2D eigenvalue weighted by Crippen LogP contribution is 2.63. The lowest BCUT2D eigenvalue weighted by Crippen LogP contribution is -2.46. The van der Waals surface area contributed by atoms with E-state index in [4.69, 9.17) is 18.0 Å². The molecule has 1 aromatic heterocycles. The highest BCUT2D eigenvalue weighted by atomic mass is 32.1. The van der Waals surface area contributed by atoms with Crippen LogP contribution in [0.5, 0.6) is 0 Å². The van der Waals surface area contributed by atoms with Gasteiger partial charge in [-0.3, -0.25) is 4.98 Å². The lowest BCUT2D eigenvalue weighted by molar-refractivity contribution is 0.155. The lowest BCUT2D eigenvalue weighted by Gasteiger charge is -2.43. The molecule has 3 atom stereocenters. The van der Waals surface area contributed by atoms with Gasteiger partial charge in [0.2, 0.25) is 0 Å². The Morgan fingerprint density at radius 3 is 2.80 bits per heavy atom. The molecular weight excluding hydrogens is 266 g/mol. The van der Waals surface area contributed by atoms with Gasteiger partial charge in [-0.25, -0.2) is 0 Å². The maximum absolute atomic E-state index is 5.79. The van der Waals surface area contributed by atoms with Crippen molar-refractivity contribution in [2.24, 2.45) is 22.5 Å². The smallest absolute Gasteiger partial charge is 0.124 e. The number of rotatable bonds is 3. The van der Waals surface area contributed by atoms with E-state index < -0.39 is 0 Å². The Morgan fingerprint density at radius 1 is 1.45 bits per heavy atom. The fourth-order valence-electron chi connectivity index (χ4n) is 4.54. The molecule has 0 amide bonds. The average Bonchev–Trinajstić information content (AvgIpc) is 2.86. The van der Waals surface area contributed by atoms with Gasteiger partial charge in [-0.15, -0.1) is 0 Å². The molecule has 108 valence electrons. The van der Waals surface area contributed by atoms with Gasteiger partial charge in [0.15, 0.2) is 0 Å². The Morgan fingerprint density at radius 2 is 2.20 bits per heavy atom. The Balaban J connectivity index is 1.94. The molecule has 1 heterocycles. The SMILES string of the molecule is CC12CCC(C1)C(C)(C)C2Nc1cccnc1C(N)=S.